The Labute approximate surface area is 162 Å². The van der Waals surface area contributed by atoms with Gasteiger partial charge in [-0.15, -0.1) is 0 Å². The molecule has 4 rings (SSSR count). The summed E-state index contributed by atoms with van der Waals surface area (Å²) >= 11 is 0. The normalized spacial score (nSPS) is 22.6. The molecule has 148 valence electrons. The summed E-state index contributed by atoms with van der Waals surface area (Å²) in [5, 5.41) is 0. The van der Waals surface area contributed by atoms with E-state index in [-0.39, 0.29) is 28.5 Å². The van der Waals surface area contributed by atoms with E-state index in [0.29, 0.717) is 32.6 Å². The number of likely N-dealkylation sites (tertiary alicyclic amines) is 2. The van der Waals surface area contributed by atoms with Crippen LogP contribution < -0.4 is 5.56 Å². The molecule has 2 amide bonds. The second kappa shape index (κ2) is 7.57. The number of carbonyl (C=O) groups is 2. The molecule has 0 aromatic carbocycles. The summed E-state index contributed by atoms with van der Waals surface area (Å²) in [5.74, 6) is 0.00660. The van der Waals surface area contributed by atoms with E-state index in [9.17, 15) is 14.4 Å². The molecule has 2 aromatic rings. The van der Waals surface area contributed by atoms with Gasteiger partial charge in [0.05, 0.1) is 12.5 Å². The Bertz CT molecular complexity index is 888. The van der Waals surface area contributed by atoms with E-state index >= 15 is 0 Å². The van der Waals surface area contributed by atoms with Crippen molar-refractivity contribution in [1.29, 1.82) is 0 Å². The fourth-order valence-electron chi connectivity index (χ4n) is 4.32. The molecule has 2 aromatic heterocycles. The monoisotopic (exact) mass is 384 g/mol. The summed E-state index contributed by atoms with van der Waals surface area (Å²) in [6.07, 6.45) is 9.88. The van der Waals surface area contributed by atoms with Crippen molar-refractivity contribution in [2.45, 2.75) is 32.1 Å². The fraction of sp³-hybridized carbons (Fsp3) is 0.526. The van der Waals surface area contributed by atoms with Gasteiger partial charge in [-0.25, -0.2) is 9.97 Å². The number of carbonyl (C=O) groups excluding carboxylic acids is 2. The third-order valence-electron chi connectivity index (χ3n) is 5.79. The van der Waals surface area contributed by atoms with Crippen LogP contribution in [-0.4, -0.2) is 67.7 Å². The van der Waals surface area contributed by atoms with E-state index in [1.165, 1.54) is 6.20 Å². The molecule has 2 N–H and O–H groups in total. The van der Waals surface area contributed by atoms with Crippen LogP contribution in [0, 0.1) is 5.41 Å². The van der Waals surface area contributed by atoms with Crippen LogP contribution >= 0.6 is 0 Å². The van der Waals surface area contributed by atoms with Gasteiger partial charge < -0.3 is 19.8 Å². The van der Waals surface area contributed by atoms with Crippen LogP contribution in [0.4, 0.5) is 0 Å². The molecule has 2 aliphatic rings. The van der Waals surface area contributed by atoms with Gasteiger partial charge in [0.15, 0.2) is 0 Å². The highest BCUT2D eigenvalue weighted by Gasteiger charge is 2.42. The van der Waals surface area contributed by atoms with Crippen LogP contribution in [0.15, 0.2) is 29.7 Å². The van der Waals surface area contributed by atoms with Gasteiger partial charge in [-0.1, -0.05) is 0 Å². The lowest BCUT2D eigenvalue weighted by atomic mass is 9.73. The van der Waals surface area contributed by atoms with Gasteiger partial charge >= 0.3 is 0 Å². The van der Waals surface area contributed by atoms with Gasteiger partial charge in [0.2, 0.25) is 5.91 Å². The van der Waals surface area contributed by atoms with E-state index in [2.05, 4.69) is 19.9 Å². The van der Waals surface area contributed by atoms with Gasteiger partial charge in [-0.2, -0.15) is 0 Å². The van der Waals surface area contributed by atoms with Gasteiger partial charge in [0.25, 0.3) is 11.5 Å². The van der Waals surface area contributed by atoms with Crippen LogP contribution in [-0.2, 0) is 11.2 Å². The Morgan fingerprint density at radius 3 is 2.82 bits per heavy atom. The first-order valence-electron chi connectivity index (χ1n) is 9.64. The molecule has 0 bridgehead atoms. The minimum absolute atomic E-state index is 0.0714. The summed E-state index contributed by atoms with van der Waals surface area (Å²) in [5.41, 5.74) is 0.861. The van der Waals surface area contributed by atoms with Crippen molar-refractivity contribution >= 4 is 11.8 Å². The lowest BCUT2D eigenvalue weighted by molar-refractivity contribution is -0.138. The van der Waals surface area contributed by atoms with Crippen LogP contribution in [0.2, 0.25) is 0 Å². The van der Waals surface area contributed by atoms with Crippen molar-refractivity contribution in [2.24, 2.45) is 5.41 Å². The van der Waals surface area contributed by atoms with Crippen LogP contribution in [0.25, 0.3) is 0 Å². The van der Waals surface area contributed by atoms with Crippen LogP contribution in [0.5, 0.6) is 0 Å². The molecule has 0 saturated carbocycles. The number of H-pyrrole nitrogens is 2. The molecule has 1 spiro atoms. The maximum atomic E-state index is 12.8. The molecule has 9 heteroatoms. The number of rotatable bonds is 4. The van der Waals surface area contributed by atoms with Crippen molar-refractivity contribution in [3.8, 4) is 0 Å². The predicted octanol–water partition coefficient (Wildman–Crippen LogP) is 0.581. The predicted molar refractivity (Wildman–Crippen MR) is 101 cm³/mol. The minimum atomic E-state index is -0.328. The van der Waals surface area contributed by atoms with E-state index in [0.717, 1.165) is 37.6 Å². The number of nitrogens with zero attached hydrogens (tertiary/aromatic N) is 4. The molecule has 0 unspecified atom stereocenters. The van der Waals surface area contributed by atoms with E-state index in [1.54, 1.807) is 12.5 Å². The lowest BCUT2D eigenvalue weighted by Crippen LogP contribution is -2.55. The first-order valence-corrected chi connectivity index (χ1v) is 9.64. The first kappa shape index (κ1) is 18.4. The maximum absolute atomic E-state index is 12.8. The number of hydrogen-bond acceptors (Lipinski definition) is 5. The summed E-state index contributed by atoms with van der Waals surface area (Å²) in [7, 11) is 0. The highest BCUT2D eigenvalue weighted by atomic mass is 16.2. The number of imidazole rings is 1. The van der Waals surface area contributed by atoms with Crippen molar-refractivity contribution in [2.75, 3.05) is 26.2 Å². The lowest BCUT2D eigenvalue weighted by Gasteiger charge is -2.48. The average Bonchev–Trinajstić information content (AvgIpc) is 3.23. The number of aromatic amines is 2. The van der Waals surface area contributed by atoms with Crippen molar-refractivity contribution in [3.63, 3.8) is 0 Å². The molecule has 2 fully saturated rings. The van der Waals surface area contributed by atoms with E-state index < -0.39 is 0 Å². The average molecular weight is 384 g/mol. The molecular formula is C19H24N6O3. The topological polar surface area (TPSA) is 115 Å². The fourth-order valence-corrected chi connectivity index (χ4v) is 4.32. The van der Waals surface area contributed by atoms with Crippen molar-refractivity contribution < 1.29 is 9.59 Å². The highest BCUT2D eigenvalue weighted by Crippen LogP contribution is 2.39. The summed E-state index contributed by atoms with van der Waals surface area (Å²) in [4.78, 5) is 53.7. The molecule has 2 saturated heterocycles. The smallest absolute Gasteiger partial charge is 0.273 e. The molecule has 0 radical (unpaired) electrons. The quantitative estimate of drug-likeness (QED) is 0.800. The Morgan fingerprint density at radius 1 is 1.18 bits per heavy atom. The Balaban J connectivity index is 1.44. The summed E-state index contributed by atoms with van der Waals surface area (Å²) < 4.78 is 0. The minimum Gasteiger partial charge on any atom is -0.348 e. The summed E-state index contributed by atoms with van der Waals surface area (Å²) in [6, 6.07) is 0. The molecule has 28 heavy (non-hydrogen) atoms. The molecule has 1 atom stereocenters. The van der Waals surface area contributed by atoms with Gasteiger partial charge in [0, 0.05) is 62.5 Å². The van der Waals surface area contributed by atoms with Gasteiger partial charge in [-0.3, -0.25) is 14.4 Å². The number of aromatic nitrogens is 4. The number of piperidine rings is 2. The zero-order valence-corrected chi connectivity index (χ0v) is 15.7. The van der Waals surface area contributed by atoms with E-state index in [4.69, 9.17) is 0 Å². The second-order valence-electron chi connectivity index (χ2n) is 7.77. The largest absolute Gasteiger partial charge is 0.348 e. The summed E-state index contributed by atoms with van der Waals surface area (Å²) in [6.45, 7) is 2.60. The highest BCUT2D eigenvalue weighted by molar-refractivity contribution is 5.92. The molecular weight excluding hydrogens is 360 g/mol. The SMILES string of the molecule is O=C1CC[C@@]2(CCCN(C(=O)c3c[nH]c(=O)cn3)C2)CN1CCc1cnc[nH]1. The maximum Gasteiger partial charge on any atom is 0.273 e. The zero-order chi connectivity index (χ0) is 19.6. The number of hydrogen-bond donors (Lipinski definition) is 2. The third kappa shape index (κ3) is 3.83. The molecule has 4 heterocycles. The van der Waals surface area contributed by atoms with Crippen molar-refractivity contribution in [3.05, 3.63) is 46.7 Å². The zero-order valence-electron chi connectivity index (χ0n) is 15.7. The Morgan fingerprint density at radius 2 is 2.07 bits per heavy atom. The van der Waals surface area contributed by atoms with Crippen molar-refractivity contribution in [1.82, 2.24) is 29.7 Å². The third-order valence-corrected chi connectivity index (χ3v) is 5.79. The number of amides is 2. The molecule has 9 nitrogen and oxygen atoms in total. The standard InChI is InChI=1S/C19H24N6O3/c26-16-10-21-15(9-22-16)18(28)25-6-1-4-19(12-25)5-2-17(27)24(11-19)7-3-14-8-20-13-23-14/h8-10,13H,1-7,11-12H2,(H,20,23)(H,22,26)/t19-/m0/s1. The van der Waals surface area contributed by atoms with E-state index in [1.807, 2.05) is 9.80 Å². The van der Waals surface area contributed by atoms with Crippen LogP contribution in [0.1, 0.15) is 41.9 Å². The van der Waals surface area contributed by atoms with Gasteiger partial charge in [-0.05, 0) is 19.3 Å². The Kier molecular flexibility index (Phi) is 4.97. The molecule has 2 aliphatic heterocycles. The molecule has 0 aliphatic carbocycles. The van der Waals surface area contributed by atoms with Gasteiger partial charge in [0.1, 0.15) is 5.69 Å². The van der Waals surface area contributed by atoms with Crippen LogP contribution in [0.3, 0.4) is 0 Å². The number of nitrogens with one attached hydrogen (secondary N) is 2. The first-order chi connectivity index (χ1) is 13.5. The second-order valence-corrected chi connectivity index (χ2v) is 7.77. The Hall–Kier alpha value is -2.97.